The molecule has 4 rings (SSSR count). The van der Waals surface area contributed by atoms with E-state index in [0.29, 0.717) is 12.0 Å². The molecule has 1 aliphatic rings. The van der Waals surface area contributed by atoms with Crippen LogP contribution >= 0.6 is 23.2 Å². The maximum absolute atomic E-state index is 14.1. The fourth-order valence-corrected chi connectivity index (χ4v) is 5.33. The number of methoxy groups -OCH3 is 1. The zero-order chi connectivity index (χ0) is 26.0. The van der Waals surface area contributed by atoms with Gasteiger partial charge in [-0.2, -0.15) is 0 Å². The second-order valence-electron chi connectivity index (χ2n) is 8.53. The van der Waals surface area contributed by atoms with Gasteiger partial charge in [0.05, 0.1) is 17.2 Å². The smallest absolute Gasteiger partial charge is 0.328 e. The first kappa shape index (κ1) is 26.0. The van der Waals surface area contributed by atoms with E-state index in [0.717, 1.165) is 59.7 Å². The third-order valence-corrected chi connectivity index (χ3v) is 6.91. The number of hydrogen-bond acceptors (Lipinski definition) is 3. The monoisotopic (exact) mass is 535 g/mol. The number of carbonyl (C=O) groups is 2. The highest BCUT2D eigenvalue weighted by atomic mass is 35.5. The number of esters is 1. The number of amides is 1. The minimum Gasteiger partial charge on any atom is -0.467 e. The summed E-state index contributed by atoms with van der Waals surface area (Å²) in [6, 6.07) is 7.90. The average Bonchev–Trinajstić information content (AvgIpc) is 2.83. The molecule has 0 saturated carbocycles. The number of ether oxygens (including phenoxy) is 1. The Morgan fingerprint density at radius 1 is 0.972 bits per heavy atom. The van der Waals surface area contributed by atoms with E-state index < -0.39 is 40.9 Å². The molecule has 0 bridgehead atoms. The van der Waals surface area contributed by atoms with Gasteiger partial charge in [0.2, 0.25) is 0 Å². The lowest BCUT2D eigenvalue weighted by Gasteiger charge is -2.25. The summed E-state index contributed by atoms with van der Waals surface area (Å²) in [4.78, 5) is 25.2. The van der Waals surface area contributed by atoms with Crippen molar-refractivity contribution >= 4 is 35.1 Å². The topological polar surface area (TPSA) is 55.4 Å². The van der Waals surface area contributed by atoms with Gasteiger partial charge in [-0.05, 0) is 72.2 Å². The van der Waals surface area contributed by atoms with Crippen molar-refractivity contribution < 1.29 is 27.5 Å². The lowest BCUT2D eigenvalue weighted by molar-refractivity contribution is -0.142. The van der Waals surface area contributed by atoms with E-state index in [9.17, 15) is 22.8 Å². The molecule has 36 heavy (non-hydrogen) atoms. The van der Waals surface area contributed by atoms with E-state index in [1.807, 2.05) is 0 Å². The normalized spacial score (nSPS) is 13.6. The summed E-state index contributed by atoms with van der Waals surface area (Å²) < 4.78 is 46.9. The number of carbonyl (C=O) groups excluding carboxylic acids is 2. The van der Waals surface area contributed by atoms with Crippen LogP contribution in [0.25, 0.3) is 11.1 Å². The Morgan fingerprint density at radius 3 is 2.19 bits per heavy atom. The van der Waals surface area contributed by atoms with Crippen LogP contribution < -0.4 is 5.32 Å². The maximum atomic E-state index is 14.1. The first-order valence-corrected chi connectivity index (χ1v) is 12.1. The van der Waals surface area contributed by atoms with E-state index in [1.165, 1.54) is 19.2 Å². The molecule has 0 saturated heterocycles. The Kier molecular flexibility index (Phi) is 7.91. The van der Waals surface area contributed by atoms with E-state index in [2.05, 4.69) is 5.32 Å². The highest BCUT2D eigenvalue weighted by Gasteiger charge is 2.28. The van der Waals surface area contributed by atoms with Gasteiger partial charge in [-0.15, -0.1) is 0 Å². The SMILES string of the molecule is COC(=O)[C@H](Cc1ccc(-c2c(Cl)cc(F)cc2Cl)c2c1CCCC2)NC(=O)c1c(F)cccc1F. The van der Waals surface area contributed by atoms with Gasteiger partial charge in [0, 0.05) is 12.0 Å². The standard InChI is InChI=1S/C27H22Cl2F3NO3/c1-36-27(35)23(33-26(34)25-21(31)7-4-8-22(25)32)11-14-9-10-18(17-6-3-2-5-16(14)17)24-19(28)12-15(30)13-20(24)29/h4,7-10,12-13,23H,2-3,5-6,11H2,1H3,(H,33,34)/t23-/m0/s1. The number of benzene rings is 3. The summed E-state index contributed by atoms with van der Waals surface area (Å²) in [5.41, 5.74) is 3.24. The van der Waals surface area contributed by atoms with Crippen LogP contribution in [0.3, 0.4) is 0 Å². The summed E-state index contributed by atoms with van der Waals surface area (Å²) in [7, 11) is 1.17. The lowest BCUT2D eigenvalue weighted by Crippen LogP contribution is -2.43. The molecule has 0 aromatic heterocycles. The third-order valence-electron chi connectivity index (χ3n) is 6.31. The van der Waals surface area contributed by atoms with Crippen LogP contribution in [0.2, 0.25) is 10.0 Å². The zero-order valence-electron chi connectivity index (χ0n) is 19.3. The Bertz CT molecular complexity index is 1300. The Labute approximate surface area is 216 Å². The first-order valence-electron chi connectivity index (χ1n) is 11.3. The summed E-state index contributed by atoms with van der Waals surface area (Å²) in [5.74, 6) is -4.42. The van der Waals surface area contributed by atoms with Gasteiger partial charge in [-0.3, -0.25) is 4.79 Å². The van der Waals surface area contributed by atoms with Crippen molar-refractivity contribution in [3.63, 3.8) is 0 Å². The van der Waals surface area contributed by atoms with Crippen LogP contribution in [0.4, 0.5) is 13.2 Å². The molecule has 0 radical (unpaired) electrons. The van der Waals surface area contributed by atoms with Crippen LogP contribution in [-0.4, -0.2) is 25.0 Å². The molecule has 0 fully saturated rings. The second kappa shape index (κ2) is 10.9. The molecular formula is C27H22Cl2F3NO3. The summed E-state index contributed by atoms with van der Waals surface area (Å²) in [5, 5.41) is 2.79. The number of hydrogen-bond donors (Lipinski definition) is 1. The Hall–Kier alpha value is -3.03. The summed E-state index contributed by atoms with van der Waals surface area (Å²) in [6.07, 6.45) is 3.30. The van der Waals surface area contributed by atoms with Crippen LogP contribution in [0.15, 0.2) is 42.5 Å². The molecule has 1 atom stereocenters. The van der Waals surface area contributed by atoms with Crippen molar-refractivity contribution in [2.24, 2.45) is 0 Å². The highest BCUT2D eigenvalue weighted by Crippen LogP contribution is 2.41. The molecule has 0 heterocycles. The minimum absolute atomic E-state index is 0.0436. The molecule has 1 N–H and O–H groups in total. The van der Waals surface area contributed by atoms with Gasteiger partial charge in [0.25, 0.3) is 5.91 Å². The van der Waals surface area contributed by atoms with Crippen molar-refractivity contribution in [3.05, 3.63) is 92.2 Å². The zero-order valence-corrected chi connectivity index (χ0v) is 20.8. The number of fused-ring (bicyclic) bond motifs is 1. The largest absolute Gasteiger partial charge is 0.467 e. The van der Waals surface area contributed by atoms with Gasteiger partial charge >= 0.3 is 5.97 Å². The van der Waals surface area contributed by atoms with E-state index in [1.54, 1.807) is 12.1 Å². The van der Waals surface area contributed by atoms with Crippen LogP contribution in [0.1, 0.15) is 39.9 Å². The molecule has 188 valence electrons. The van der Waals surface area contributed by atoms with Gasteiger partial charge in [0.15, 0.2) is 0 Å². The molecular weight excluding hydrogens is 514 g/mol. The van der Waals surface area contributed by atoms with Gasteiger partial charge in [0.1, 0.15) is 29.1 Å². The molecule has 0 aliphatic heterocycles. The first-order chi connectivity index (χ1) is 17.2. The van der Waals surface area contributed by atoms with E-state index in [-0.39, 0.29) is 16.5 Å². The van der Waals surface area contributed by atoms with Crippen LogP contribution in [0, 0.1) is 17.5 Å². The van der Waals surface area contributed by atoms with Crippen molar-refractivity contribution in [2.75, 3.05) is 7.11 Å². The highest BCUT2D eigenvalue weighted by molar-refractivity contribution is 6.39. The lowest BCUT2D eigenvalue weighted by atomic mass is 9.81. The quantitative estimate of drug-likeness (QED) is 0.368. The minimum atomic E-state index is -1.18. The van der Waals surface area contributed by atoms with Crippen molar-refractivity contribution in [1.29, 1.82) is 0 Å². The third kappa shape index (κ3) is 5.22. The number of nitrogens with one attached hydrogen (secondary N) is 1. The number of halogens is 5. The Balaban J connectivity index is 1.71. The van der Waals surface area contributed by atoms with Gasteiger partial charge < -0.3 is 10.1 Å². The number of rotatable bonds is 6. The maximum Gasteiger partial charge on any atom is 0.328 e. The van der Waals surface area contributed by atoms with Gasteiger partial charge in [-0.25, -0.2) is 18.0 Å². The van der Waals surface area contributed by atoms with Crippen molar-refractivity contribution in [2.45, 2.75) is 38.1 Å². The molecule has 1 aliphatic carbocycles. The van der Waals surface area contributed by atoms with Crippen molar-refractivity contribution in [1.82, 2.24) is 5.32 Å². The van der Waals surface area contributed by atoms with E-state index in [4.69, 9.17) is 27.9 Å². The molecule has 4 nitrogen and oxygen atoms in total. The molecule has 0 unspecified atom stereocenters. The summed E-state index contributed by atoms with van der Waals surface area (Å²) in [6.45, 7) is 0. The summed E-state index contributed by atoms with van der Waals surface area (Å²) >= 11 is 12.7. The molecule has 1 amide bonds. The fourth-order valence-electron chi connectivity index (χ4n) is 4.67. The van der Waals surface area contributed by atoms with Crippen molar-refractivity contribution in [3.8, 4) is 11.1 Å². The van der Waals surface area contributed by atoms with Gasteiger partial charge in [-0.1, -0.05) is 41.4 Å². The molecule has 3 aromatic carbocycles. The fraction of sp³-hybridized carbons (Fsp3) is 0.259. The van der Waals surface area contributed by atoms with Crippen LogP contribution in [0.5, 0.6) is 0 Å². The molecule has 0 spiro atoms. The Morgan fingerprint density at radius 2 is 1.58 bits per heavy atom. The van der Waals surface area contributed by atoms with Crippen LogP contribution in [-0.2, 0) is 28.8 Å². The molecule has 9 heteroatoms. The molecule has 3 aromatic rings. The average molecular weight is 536 g/mol. The van der Waals surface area contributed by atoms with E-state index >= 15 is 0 Å². The predicted molar refractivity (Wildman–Crippen MR) is 132 cm³/mol. The predicted octanol–water partition coefficient (Wildman–Crippen LogP) is 6.47. The second-order valence-corrected chi connectivity index (χ2v) is 9.35.